The molecule has 104 valence electrons. The fourth-order valence-electron chi connectivity index (χ4n) is 2.14. The highest BCUT2D eigenvalue weighted by Gasteiger charge is 2.27. The predicted molar refractivity (Wildman–Crippen MR) is 73.8 cm³/mol. The minimum atomic E-state index is -0.438. The molecule has 0 fully saturated rings. The van der Waals surface area contributed by atoms with Gasteiger partial charge in [0.2, 0.25) is 11.5 Å². The molecule has 3 rings (SSSR count). The molecular formula is C15H14O5. The molecule has 1 unspecified atom stereocenters. The summed E-state index contributed by atoms with van der Waals surface area (Å²) in [6, 6.07) is 4.79. The number of hydrogen-bond donors (Lipinski definition) is 0. The summed E-state index contributed by atoms with van der Waals surface area (Å²) in [5.41, 5.74) is 0.803. The summed E-state index contributed by atoms with van der Waals surface area (Å²) >= 11 is 0. The summed E-state index contributed by atoms with van der Waals surface area (Å²) in [6.07, 6.45) is -0.194. The maximum atomic E-state index is 11.4. The minimum absolute atomic E-state index is 0.194. The second kappa shape index (κ2) is 4.59. The third-order valence-corrected chi connectivity index (χ3v) is 3.19. The molecule has 1 atom stereocenters. The number of benzene rings is 1. The van der Waals surface area contributed by atoms with Crippen LogP contribution in [-0.4, -0.2) is 19.8 Å². The molecule has 0 aliphatic carbocycles. The molecule has 0 spiro atoms. The Kier molecular flexibility index (Phi) is 2.89. The Morgan fingerprint density at radius 3 is 2.95 bits per heavy atom. The topological polar surface area (TPSA) is 57.9 Å². The molecule has 0 saturated heterocycles. The van der Waals surface area contributed by atoms with E-state index in [9.17, 15) is 4.79 Å². The van der Waals surface area contributed by atoms with Crippen LogP contribution in [0.25, 0.3) is 11.0 Å². The molecule has 0 radical (unpaired) electrons. The normalized spacial score (nSPS) is 17.0. The lowest BCUT2D eigenvalue weighted by atomic mass is 10.1. The number of fused-ring (bicyclic) bond motifs is 2. The van der Waals surface area contributed by atoms with Gasteiger partial charge in [0, 0.05) is 11.5 Å². The summed E-state index contributed by atoms with van der Waals surface area (Å²) < 4.78 is 22.1. The minimum Gasteiger partial charge on any atom is -0.490 e. The average Bonchev–Trinajstić information content (AvgIpc) is 2.44. The van der Waals surface area contributed by atoms with Gasteiger partial charge in [0.25, 0.3) is 0 Å². The first-order chi connectivity index (χ1) is 9.60. The van der Waals surface area contributed by atoms with Crippen molar-refractivity contribution in [1.82, 2.24) is 0 Å². The van der Waals surface area contributed by atoms with Gasteiger partial charge in [0.15, 0.2) is 17.4 Å². The molecule has 2 aromatic rings. The average molecular weight is 274 g/mol. The van der Waals surface area contributed by atoms with E-state index >= 15 is 0 Å². The molecule has 0 bridgehead atoms. The third kappa shape index (κ3) is 1.91. The number of hydrogen-bond acceptors (Lipinski definition) is 5. The fraction of sp³-hybridized carbons (Fsp3) is 0.267. The molecule has 0 N–H and O–H groups in total. The zero-order valence-electron chi connectivity index (χ0n) is 11.3. The predicted octanol–water partition coefficient (Wildman–Crippen LogP) is 2.52. The van der Waals surface area contributed by atoms with E-state index in [1.165, 1.54) is 13.2 Å². The molecule has 1 aliphatic heterocycles. The van der Waals surface area contributed by atoms with Crippen LogP contribution in [0.2, 0.25) is 0 Å². The van der Waals surface area contributed by atoms with Gasteiger partial charge in [-0.3, -0.25) is 0 Å². The van der Waals surface area contributed by atoms with Crippen LogP contribution in [0, 0.1) is 0 Å². The highest BCUT2D eigenvalue weighted by atomic mass is 16.6. The van der Waals surface area contributed by atoms with Crippen molar-refractivity contribution >= 4 is 11.0 Å². The first-order valence-corrected chi connectivity index (χ1v) is 6.20. The molecule has 0 amide bonds. The van der Waals surface area contributed by atoms with E-state index in [1.54, 1.807) is 12.1 Å². The van der Waals surface area contributed by atoms with E-state index in [2.05, 4.69) is 6.58 Å². The van der Waals surface area contributed by atoms with Gasteiger partial charge in [-0.1, -0.05) is 6.58 Å². The summed E-state index contributed by atoms with van der Waals surface area (Å²) in [7, 11) is 1.50. The van der Waals surface area contributed by atoms with E-state index in [-0.39, 0.29) is 6.10 Å². The van der Waals surface area contributed by atoms with Gasteiger partial charge in [-0.05, 0) is 24.6 Å². The van der Waals surface area contributed by atoms with Crippen molar-refractivity contribution < 1.29 is 18.6 Å². The zero-order valence-corrected chi connectivity index (χ0v) is 11.3. The van der Waals surface area contributed by atoms with E-state index in [4.69, 9.17) is 18.6 Å². The molecule has 20 heavy (non-hydrogen) atoms. The monoisotopic (exact) mass is 274 g/mol. The van der Waals surface area contributed by atoms with Crippen molar-refractivity contribution in [2.45, 2.75) is 13.0 Å². The van der Waals surface area contributed by atoms with Crippen LogP contribution in [0.3, 0.4) is 0 Å². The molecule has 1 aromatic heterocycles. The lowest BCUT2D eigenvalue weighted by Gasteiger charge is -2.28. The molecule has 1 aromatic carbocycles. The van der Waals surface area contributed by atoms with Crippen LogP contribution < -0.4 is 19.8 Å². The maximum absolute atomic E-state index is 11.4. The number of ether oxygens (including phenoxy) is 3. The second-order valence-electron chi connectivity index (χ2n) is 4.67. The van der Waals surface area contributed by atoms with Gasteiger partial charge in [-0.2, -0.15) is 0 Å². The third-order valence-electron chi connectivity index (χ3n) is 3.19. The Balaban J connectivity index is 2.22. The summed E-state index contributed by atoms with van der Waals surface area (Å²) in [5, 5.41) is 0.714. The Hall–Kier alpha value is -2.43. The van der Waals surface area contributed by atoms with Gasteiger partial charge >= 0.3 is 5.63 Å². The van der Waals surface area contributed by atoms with Crippen LogP contribution in [0.4, 0.5) is 0 Å². The SMILES string of the molecule is C=C(C)C1COc2c(cc3ccc(=O)oc3c2OC)O1. The molecule has 5 heteroatoms. The summed E-state index contributed by atoms with van der Waals surface area (Å²) in [4.78, 5) is 11.4. The van der Waals surface area contributed by atoms with Crippen LogP contribution >= 0.6 is 0 Å². The van der Waals surface area contributed by atoms with E-state index in [0.29, 0.717) is 34.8 Å². The summed E-state index contributed by atoms with van der Waals surface area (Å²) in [5.74, 6) is 1.38. The van der Waals surface area contributed by atoms with E-state index < -0.39 is 5.63 Å². The molecular weight excluding hydrogens is 260 g/mol. The van der Waals surface area contributed by atoms with Crippen molar-refractivity contribution in [2.75, 3.05) is 13.7 Å². The first kappa shape index (κ1) is 12.6. The van der Waals surface area contributed by atoms with Crippen LogP contribution in [-0.2, 0) is 0 Å². The van der Waals surface area contributed by atoms with Crippen LogP contribution in [0.1, 0.15) is 6.92 Å². The van der Waals surface area contributed by atoms with Crippen molar-refractivity contribution in [1.29, 1.82) is 0 Å². The van der Waals surface area contributed by atoms with Crippen LogP contribution in [0.5, 0.6) is 17.2 Å². The smallest absolute Gasteiger partial charge is 0.336 e. The molecule has 5 nitrogen and oxygen atoms in total. The van der Waals surface area contributed by atoms with E-state index in [1.807, 2.05) is 6.92 Å². The van der Waals surface area contributed by atoms with E-state index in [0.717, 1.165) is 5.57 Å². The standard InChI is InChI=1S/C15H14O5/c1-8(2)11-7-18-14-10(19-11)6-9-4-5-12(16)20-13(9)15(14)17-3/h4-6,11H,1,7H2,2-3H3. The zero-order chi connectivity index (χ0) is 14.3. The van der Waals surface area contributed by atoms with Crippen molar-refractivity contribution in [2.24, 2.45) is 0 Å². The van der Waals surface area contributed by atoms with Gasteiger partial charge in [-0.25, -0.2) is 4.79 Å². The quantitative estimate of drug-likeness (QED) is 0.622. The van der Waals surface area contributed by atoms with Gasteiger partial charge in [-0.15, -0.1) is 0 Å². The van der Waals surface area contributed by atoms with Crippen molar-refractivity contribution in [3.8, 4) is 17.2 Å². The highest BCUT2D eigenvalue weighted by molar-refractivity contribution is 5.88. The fourth-order valence-corrected chi connectivity index (χ4v) is 2.14. The summed E-state index contributed by atoms with van der Waals surface area (Å²) in [6.45, 7) is 6.11. The Morgan fingerprint density at radius 1 is 1.45 bits per heavy atom. The number of methoxy groups -OCH3 is 1. The number of rotatable bonds is 2. The van der Waals surface area contributed by atoms with Crippen molar-refractivity contribution in [3.63, 3.8) is 0 Å². The lowest BCUT2D eigenvalue weighted by molar-refractivity contribution is 0.112. The van der Waals surface area contributed by atoms with Gasteiger partial charge in [0.1, 0.15) is 6.61 Å². The maximum Gasteiger partial charge on any atom is 0.336 e. The van der Waals surface area contributed by atoms with Crippen LogP contribution in [0.15, 0.2) is 39.6 Å². The lowest BCUT2D eigenvalue weighted by Crippen LogP contribution is -2.30. The largest absolute Gasteiger partial charge is 0.490 e. The van der Waals surface area contributed by atoms with Crippen molar-refractivity contribution in [3.05, 3.63) is 40.8 Å². The second-order valence-corrected chi connectivity index (χ2v) is 4.67. The Labute approximate surface area is 115 Å². The Bertz CT molecular complexity index is 744. The molecule has 1 aliphatic rings. The van der Waals surface area contributed by atoms with Gasteiger partial charge in [0.05, 0.1) is 7.11 Å². The first-order valence-electron chi connectivity index (χ1n) is 6.20. The molecule has 2 heterocycles. The van der Waals surface area contributed by atoms with Gasteiger partial charge < -0.3 is 18.6 Å². The molecule has 0 saturated carbocycles. The Morgan fingerprint density at radius 2 is 2.25 bits per heavy atom. The highest BCUT2D eigenvalue weighted by Crippen LogP contribution is 2.45.